The molecule has 1 atom stereocenters. The molecule has 0 saturated heterocycles. The van der Waals surface area contributed by atoms with Gasteiger partial charge in [0.05, 0.1) is 6.42 Å². The molecule has 2 aromatic rings. The SMILES string of the molecule is CCCCNC(=O)[C@H](C)N(Cc1ccc(C)cc1)C(=O)Cc1c(Cl)cccc1Cl. The van der Waals surface area contributed by atoms with Gasteiger partial charge in [0.2, 0.25) is 11.8 Å². The molecule has 4 nitrogen and oxygen atoms in total. The first-order valence-electron chi connectivity index (χ1n) is 9.89. The van der Waals surface area contributed by atoms with Crippen molar-refractivity contribution in [2.75, 3.05) is 6.54 Å². The van der Waals surface area contributed by atoms with Gasteiger partial charge >= 0.3 is 0 Å². The maximum Gasteiger partial charge on any atom is 0.242 e. The monoisotopic (exact) mass is 434 g/mol. The van der Waals surface area contributed by atoms with Crippen molar-refractivity contribution in [1.82, 2.24) is 10.2 Å². The van der Waals surface area contributed by atoms with E-state index in [9.17, 15) is 9.59 Å². The van der Waals surface area contributed by atoms with E-state index in [1.807, 2.05) is 31.2 Å². The summed E-state index contributed by atoms with van der Waals surface area (Å²) in [6.45, 7) is 6.76. The fourth-order valence-electron chi connectivity index (χ4n) is 2.96. The lowest BCUT2D eigenvalue weighted by Crippen LogP contribution is -2.48. The number of aryl methyl sites for hydroxylation is 1. The van der Waals surface area contributed by atoms with Gasteiger partial charge in [-0.1, -0.05) is 72.4 Å². The van der Waals surface area contributed by atoms with E-state index in [1.165, 1.54) is 0 Å². The zero-order valence-electron chi connectivity index (χ0n) is 17.2. The molecule has 0 aliphatic rings. The number of rotatable bonds is 9. The molecule has 2 rings (SSSR count). The number of carbonyl (C=O) groups excluding carboxylic acids is 2. The fraction of sp³-hybridized carbons (Fsp3) is 0.391. The molecule has 1 N–H and O–H groups in total. The quantitative estimate of drug-likeness (QED) is 0.552. The fourth-order valence-corrected chi connectivity index (χ4v) is 3.49. The third kappa shape index (κ3) is 6.76. The van der Waals surface area contributed by atoms with Crippen molar-refractivity contribution >= 4 is 35.0 Å². The van der Waals surface area contributed by atoms with Crippen molar-refractivity contribution in [3.8, 4) is 0 Å². The van der Waals surface area contributed by atoms with Gasteiger partial charge < -0.3 is 10.2 Å². The van der Waals surface area contributed by atoms with E-state index < -0.39 is 6.04 Å². The van der Waals surface area contributed by atoms with Gasteiger partial charge in [0.1, 0.15) is 6.04 Å². The summed E-state index contributed by atoms with van der Waals surface area (Å²) in [5.74, 6) is -0.358. The topological polar surface area (TPSA) is 49.4 Å². The molecule has 6 heteroatoms. The first kappa shape index (κ1) is 23.2. The molecule has 0 aliphatic carbocycles. The van der Waals surface area contributed by atoms with E-state index in [4.69, 9.17) is 23.2 Å². The molecule has 2 amide bonds. The maximum absolute atomic E-state index is 13.2. The molecule has 0 bridgehead atoms. The lowest BCUT2D eigenvalue weighted by molar-refractivity contribution is -0.140. The Bertz CT molecular complexity index is 817. The second-order valence-corrected chi connectivity index (χ2v) is 8.02. The number of hydrogen-bond donors (Lipinski definition) is 1. The van der Waals surface area contributed by atoms with E-state index in [1.54, 1.807) is 30.0 Å². The minimum absolute atomic E-state index is 0.0386. The molecular formula is C23H28Cl2N2O2. The lowest BCUT2D eigenvalue weighted by atomic mass is 10.1. The Morgan fingerprint density at radius 2 is 1.69 bits per heavy atom. The van der Waals surface area contributed by atoms with Gasteiger partial charge in [0.15, 0.2) is 0 Å². The highest BCUT2D eigenvalue weighted by Crippen LogP contribution is 2.26. The predicted molar refractivity (Wildman–Crippen MR) is 119 cm³/mol. The van der Waals surface area contributed by atoms with Crippen LogP contribution in [0.1, 0.15) is 43.4 Å². The normalized spacial score (nSPS) is 11.8. The number of benzene rings is 2. The Kier molecular flexibility index (Phi) is 8.99. The van der Waals surface area contributed by atoms with Crippen LogP contribution in [0.2, 0.25) is 10.0 Å². The minimum atomic E-state index is -0.609. The minimum Gasteiger partial charge on any atom is -0.354 e. The van der Waals surface area contributed by atoms with Gasteiger partial charge in [-0.2, -0.15) is 0 Å². The average Bonchev–Trinajstić information content (AvgIpc) is 2.70. The number of unbranched alkanes of at least 4 members (excludes halogenated alkanes) is 1. The van der Waals surface area contributed by atoms with Gasteiger partial charge in [-0.3, -0.25) is 9.59 Å². The van der Waals surface area contributed by atoms with Crippen molar-refractivity contribution in [3.05, 3.63) is 69.2 Å². The number of nitrogens with one attached hydrogen (secondary N) is 1. The van der Waals surface area contributed by atoms with Crippen molar-refractivity contribution in [2.24, 2.45) is 0 Å². The Hall–Kier alpha value is -2.04. The van der Waals surface area contributed by atoms with Crippen molar-refractivity contribution in [2.45, 2.75) is 52.6 Å². The smallest absolute Gasteiger partial charge is 0.242 e. The van der Waals surface area contributed by atoms with Crippen LogP contribution in [-0.2, 0) is 22.6 Å². The Morgan fingerprint density at radius 3 is 2.28 bits per heavy atom. The number of nitrogens with zero attached hydrogens (tertiary/aromatic N) is 1. The van der Waals surface area contributed by atoms with Crippen LogP contribution in [-0.4, -0.2) is 29.3 Å². The van der Waals surface area contributed by atoms with Crippen molar-refractivity contribution in [3.63, 3.8) is 0 Å². The average molecular weight is 435 g/mol. The number of halogens is 2. The van der Waals surface area contributed by atoms with Crippen LogP contribution in [0.4, 0.5) is 0 Å². The molecule has 0 heterocycles. The van der Waals surface area contributed by atoms with Crippen LogP contribution >= 0.6 is 23.2 Å². The molecule has 156 valence electrons. The summed E-state index contributed by atoms with van der Waals surface area (Å²) in [4.78, 5) is 27.4. The highest BCUT2D eigenvalue weighted by molar-refractivity contribution is 6.36. The number of carbonyl (C=O) groups is 2. The van der Waals surface area contributed by atoms with E-state index >= 15 is 0 Å². The first-order valence-corrected chi connectivity index (χ1v) is 10.6. The number of hydrogen-bond acceptors (Lipinski definition) is 2. The Labute approximate surface area is 183 Å². The molecule has 0 spiro atoms. The molecule has 0 saturated carbocycles. The summed E-state index contributed by atoms with van der Waals surface area (Å²) >= 11 is 12.5. The van der Waals surface area contributed by atoms with Gasteiger partial charge in [0.25, 0.3) is 0 Å². The molecule has 0 fully saturated rings. The van der Waals surface area contributed by atoms with Crippen molar-refractivity contribution < 1.29 is 9.59 Å². The molecule has 0 aliphatic heterocycles. The maximum atomic E-state index is 13.2. The molecule has 2 aromatic carbocycles. The van der Waals surface area contributed by atoms with Gasteiger partial charge in [-0.25, -0.2) is 0 Å². The van der Waals surface area contributed by atoms with E-state index in [0.717, 1.165) is 24.0 Å². The zero-order valence-corrected chi connectivity index (χ0v) is 18.7. The lowest BCUT2D eigenvalue weighted by Gasteiger charge is -2.29. The Balaban J connectivity index is 2.23. The standard InChI is InChI=1S/C23H28Cl2N2O2/c1-4-5-13-26-23(29)17(3)27(15-18-11-9-16(2)10-12-18)22(28)14-19-20(24)7-6-8-21(19)25/h6-12,17H,4-5,13-15H2,1-3H3,(H,26,29)/t17-/m0/s1. The second kappa shape index (κ2) is 11.2. The Morgan fingerprint density at radius 1 is 1.07 bits per heavy atom. The summed E-state index contributed by atoms with van der Waals surface area (Å²) < 4.78 is 0. The second-order valence-electron chi connectivity index (χ2n) is 7.20. The van der Waals surface area contributed by atoms with Crippen LogP contribution in [0, 0.1) is 6.92 Å². The summed E-state index contributed by atoms with van der Waals surface area (Å²) in [5, 5.41) is 3.81. The third-order valence-electron chi connectivity index (χ3n) is 4.86. The molecule has 29 heavy (non-hydrogen) atoms. The van der Waals surface area contributed by atoms with Gasteiger partial charge in [-0.15, -0.1) is 0 Å². The van der Waals surface area contributed by atoms with Crippen LogP contribution in [0.5, 0.6) is 0 Å². The number of amides is 2. The summed E-state index contributed by atoms with van der Waals surface area (Å²) in [6, 6.07) is 12.5. The zero-order chi connectivity index (χ0) is 21.4. The summed E-state index contributed by atoms with van der Waals surface area (Å²) in [7, 11) is 0. The molecule has 0 aromatic heterocycles. The molecular weight excluding hydrogens is 407 g/mol. The summed E-state index contributed by atoms with van der Waals surface area (Å²) in [6.07, 6.45) is 1.93. The van der Waals surface area contributed by atoms with Crippen LogP contribution in [0.25, 0.3) is 0 Å². The van der Waals surface area contributed by atoms with Crippen LogP contribution in [0.3, 0.4) is 0 Å². The molecule has 0 unspecified atom stereocenters. The van der Waals surface area contributed by atoms with Gasteiger partial charge in [-0.05, 0) is 43.5 Å². The summed E-state index contributed by atoms with van der Waals surface area (Å²) in [5.41, 5.74) is 2.68. The first-order chi connectivity index (χ1) is 13.8. The van der Waals surface area contributed by atoms with E-state index in [2.05, 4.69) is 12.2 Å². The van der Waals surface area contributed by atoms with Crippen LogP contribution in [0.15, 0.2) is 42.5 Å². The largest absolute Gasteiger partial charge is 0.354 e. The third-order valence-corrected chi connectivity index (χ3v) is 5.57. The van der Waals surface area contributed by atoms with E-state index in [0.29, 0.717) is 28.7 Å². The predicted octanol–water partition coefficient (Wildman–Crippen LogP) is 5.18. The van der Waals surface area contributed by atoms with Crippen LogP contribution < -0.4 is 5.32 Å². The van der Waals surface area contributed by atoms with E-state index in [-0.39, 0.29) is 18.2 Å². The highest BCUT2D eigenvalue weighted by atomic mass is 35.5. The van der Waals surface area contributed by atoms with Crippen molar-refractivity contribution in [1.29, 1.82) is 0 Å². The van der Waals surface area contributed by atoms with Gasteiger partial charge in [0, 0.05) is 23.1 Å². The highest BCUT2D eigenvalue weighted by Gasteiger charge is 2.27. The molecule has 0 radical (unpaired) electrons.